The number of carbonyl (C=O) groups is 1. The highest BCUT2D eigenvalue weighted by Crippen LogP contribution is 2.25. The van der Waals surface area contributed by atoms with Crippen molar-refractivity contribution in [3.8, 4) is 0 Å². The van der Waals surface area contributed by atoms with E-state index in [-0.39, 0.29) is 11.8 Å². The molecule has 1 aromatic carbocycles. The molecule has 0 aliphatic heterocycles. The van der Waals surface area contributed by atoms with Crippen LogP contribution in [-0.4, -0.2) is 5.91 Å². The Balaban J connectivity index is 2.14. The second-order valence-corrected chi connectivity index (χ2v) is 5.24. The summed E-state index contributed by atoms with van der Waals surface area (Å²) in [6.45, 7) is 6.18. The van der Waals surface area contributed by atoms with E-state index in [1.807, 2.05) is 0 Å². The third-order valence-electron chi connectivity index (χ3n) is 3.57. The molecule has 2 heteroatoms. The number of carbonyl (C=O) groups excluding carboxylic acids is 1. The van der Waals surface area contributed by atoms with Gasteiger partial charge in [0.05, 0.1) is 0 Å². The normalized spacial score (nSPS) is 18.7. The lowest BCUT2D eigenvalue weighted by atomic mass is 9.93. The minimum absolute atomic E-state index is 0.134. The fourth-order valence-electron chi connectivity index (χ4n) is 2.63. The van der Waals surface area contributed by atoms with Crippen LogP contribution in [0.1, 0.15) is 36.0 Å². The van der Waals surface area contributed by atoms with Crippen LogP contribution in [0.2, 0.25) is 0 Å². The first-order valence-electron chi connectivity index (χ1n) is 6.61. The molecule has 0 heterocycles. The minimum atomic E-state index is 0.134. The first kappa shape index (κ1) is 12.9. The molecule has 0 spiro atoms. The maximum Gasteiger partial charge on any atom is 0.227 e. The fourth-order valence-corrected chi connectivity index (χ4v) is 2.63. The Labute approximate surface area is 109 Å². The second-order valence-electron chi connectivity index (χ2n) is 5.24. The lowest BCUT2D eigenvalue weighted by Gasteiger charge is -2.19. The van der Waals surface area contributed by atoms with Gasteiger partial charge in [0.1, 0.15) is 0 Å². The lowest BCUT2D eigenvalue weighted by molar-refractivity contribution is -0.120. The zero-order valence-electron chi connectivity index (χ0n) is 11.4. The van der Waals surface area contributed by atoms with Crippen LogP contribution in [-0.2, 0) is 4.79 Å². The average molecular weight is 243 g/mol. The average Bonchev–Trinajstić information content (AvgIpc) is 2.34. The summed E-state index contributed by atoms with van der Waals surface area (Å²) >= 11 is 0. The highest BCUT2D eigenvalue weighted by atomic mass is 16.1. The number of hydrogen-bond acceptors (Lipinski definition) is 1. The van der Waals surface area contributed by atoms with Gasteiger partial charge in [0.2, 0.25) is 5.91 Å². The van der Waals surface area contributed by atoms with Crippen LogP contribution in [0.15, 0.2) is 24.3 Å². The molecule has 0 saturated carbocycles. The quantitative estimate of drug-likeness (QED) is 0.784. The summed E-state index contributed by atoms with van der Waals surface area (Å²) < 4.78 is 0. The van der Waals surface area contributed by atoms with Crippen LogP contribution in [0.4, 0.5) is 5.69 Å². The third-order valence-corrected chi connectivity index (χ3v) is 3.57. The van der Waals surface area contributed by atoms with E-state index in [1.165, 1.54) is 5.56 Å². The number of nitrogens with one attached hydrogen (secondary N) is 1. The molecule has 0 bridgehead atoms. The molecule has 1 aliphatic carbocycles. The number of hydrogen-bond donors (Lipinski definition) is 1. The van der Waals surface area contributed by atoms with Gasteiger partial charge < -0.3 is 5.32 Å². The molecule has 1 N–H and O–H groups in total. The topological polar surface area (TPSA) is 29.1 Å². The van der Waals surface area contributed by atoms with E-state index in [2.05, 4.69) is 50.4 Å². The molecule has 0 fully saturated rings. The van der Waals surface area contributed by atoms with Crippen molar-refractivity contribution < 1.29 is 4.79 Å². The highest BCUT2D eigenvalue weighted by Gasteiger charge is 2.19. The number of anilines is 1. The molecule has 0 saturated heterocycles. The van der Waals surface area contributed by atoms with E-state index in [0.717, 1.165) is 36.1 Å². The minimum Gasteiger partial charge on any atom is -0.325 e. The van der Waals surface area contributed by atoms with Gasteiger partial charge in [0.25, 0.3) is 0 Å². The van der Waals surface area contributed by atoms with Crippen LogP contribution in [0.3, 0.4) is 0 Å². The van der Waals surface area contributed by atoms with Crippen LogP contribution in [0, 0.1) is 26.7 Å². The number of benzene rings is 1. The Morgan fingerprint density at radius 3 is 2.39 bits per heavy atom. The van der Waals surface area contributed by atoms with Crippen molar-refractivity contribution in [2.45, 2.75) is 40.0 Å². The van der Waals surface area contributed by atoms with Crippen molar-refractivity contribution in [3.63, 3.8) is 0 Å². The van der Waals surface area contributed by atoms with Gasteiger partial charge in [0, 0.05) is 11.6 Å². The number of aryl methyl sites for hydroxylation is 3. The van der Waals surface area contributed by atoms with Gasteiger partial charge in [-0.15, -0.1) is 0 Å². The maximum absolute atomic E-state index is 12.2. The number of rotatable bonds is 2. The molecular formula is C16H21NO. The molecule has 0 radical (unpaired) electrons. The summed E-state index contributed by atoms with van der Waals surface area (Å²) in [6.07, 6.45) is 7.13. The van der Waals surface area contributed by atoms with Gasteiger partial charge in [-0.3, -0.25) is 4.79 Å². The van der Waals surface area contributed by atoms with E-state index >= 15 is 0 Å². The molecule has 2 rings (SSSR count). The predicted octanol–water partition coefficient (Wildman–Crippen LogP) is 3.91. The monoisotopic (exact) mass is 243 g/mol. The molecule has 0 aromatic heterocycles. The van der Waals surface area contributed by atoms with Gasteiger partial charge >= 0.3 is 0 Å². The third kappa shape index (κ3) is 2.81. The summed E-state index contributed by atoms with van der Waals surface area (Å²) in [5.41, 5.74) is 4.52. The molecule has 1 unspecified atom stereocenters. The standard InChI is InChI=1S/C16H21NO/c1-11-9-12(2)15(13(3)10-11)17-16(18)14-7-5-4-6-8-14/h4-5,9-10,14H,6-8H2,1-3H3,(H,17,18). The van der Waals surface area contributed by atoms with E-state index in [0.29, 0.717) is 0 Å². The van der Waals surface area contributed by atoms with Crippen molar-refractivity contribution in [2.75, 3.05) is 5.32 Å². The van der Waals surface area contributed by atoms with Crippen molar-refractivity contribution >= 4 is 11.6 Å². The fraction of sp³-hybridized carbons (Fsp3) is 0.438. The maximum atomic E-state index is 12.2. The Kier molecular flexibility index (Phi) is 3.85. The van der Waals surface area contributed by atoms with Crippen molar-refractivity contribution in [3.05, 3.63) is 41.0 Å². The van der Waals surface area contributed by atoms with Crippen LogP contribution >= 0.6 is 0 Å². The molecule has 1 aliphatic rings. The van der Waals surface area contributed by atoms with Crippen molar-refractivity contribution in [1.82, 2.24) is 0 Å². The van der Waals surface area contributed by atoms with Crippen molar-refractivity contribution in [1.29, 1.82) is 0 Å². The zero-order chi connectivity index (χ0) is 13.1. The predicted molar refractivity (Wildman–Crippen MR) is 75.8 cm³/mol. The zero-order valence-corrected chi connectivity index (χ0v) is 11.4. The molecule has 96 valence electrons. The van der Waals surface area contributed by atoms with Crippen molar-refractivity contribution in [2.24, 2.45) is 5.92 Å². The Morgan fingerprint density at radius 1 is 1.17 bits per heavy atom. The molecular weight excluding hydrogens is 222 g/mol. The van der Waals surface area contributed by atoms with Gasteiger partial charge in [0.15, 0.2) is 0 Å². The smallest absolute Gasteiger partial charge is 0.227 e. The SMILES string of the molecule is Cc1cc(C)c(NC(=O)C2CC=CCC2)c(C)c1. The summed E-state index contributed by atoms with van der Waals surface area (Å²) in [5.74, 6) is 0.296. The van der Waals surface area contributed by atoms with Gasteiger partial charge in [-0.25, -0.2) is 0 Å². The van der Waals surface area contributed by atoms with Gasteiger partial charge in [-0.2, -0.15) is 0 Å². The second kappa shape index (κ2) is 5.38. The number of amides is 1. The van der Waals surface area contributed by atoms with Gasteiger partial charge in [-0.05, 0) is 51.2 Å². The summed E-state index contributed by atoms with van der Waals surface area (Å²) in [5, 5.41) is 3.10. The summed E-state index contributed by atoms with van der Waals surface area (Å²) in [4.78, 5) is 12.2. The van der Waals surface area contributed by atoms with Gasteiger partial charge in [-0.1, -0.05) is 29.8 Å². The van der Waals surface area contributed by atoms with E-state index in [1.54, 1.807) is 0 Å². The van der Waals surface area contributed by atoms with E-state index in [9.17, 15) is 4.79 Å². The molecule has 1 atom stereocenters. The molecule has 18 heavy (non-hydrogen) atoms. The van der Waals surface area contributed by atoms with Crippen LogP contribution in [0.25, 0.3) is 0 Å². The van der Waals surface area contributed by atoms with E-state index in [4.69, 9.17) is 0 Å². The first-order chi connectivity index (χ1) is 8.58. The Morgan fingerprint density at radius 2 is 1.83 bits per heavy atom. The first-order valence-corrected chi connectivity index (χ1v) is 6.61. The largest absolute Gasteiger partial charge is 0.325 e. The lowest BCUT2D eigenvalue weighted by Crippen LogP contribution is -2.24. The molecule has 2 nitrogen and oxygen atoms in total. The van der Waals surface area contributed by atoms with E-state index < -0.39 is 0 Å². The highest BCUT2D eigenvalue weighted by molar-refractivity contribution is 5.94. The molecule has 1 amide bonds. The Bertz CT molecular complexity index is 465. The number of allylic oxidation sites excluding steroid dienone is 2. The Hall–Kier alpha value is -1.57. The van der Waals surface area contributed by atoms with Crippen LogP contribution < -0.4 is 5.32 Å². The summed E-state index contributed by atoms with van der Waals surface area (Å²) in [7, 11) is 0. The summed E-state index contributed by atoms with van der Waals surface area (Å²) in [6, 6.07) is 4.23. The van der Waals surface area contributed by atoms with Crippen LogP contribution in [0.5, 0.6) is 0 Å². The molecule has 1 aromatic rings.